The molecule has 5 heteroatoms. The molecule has 1 atom stereocenters. The van der Waals surface area contributed by atoms with Crippen LogP contribution in [0.25, 0.3) is 11.3 Å². The van der Waals surface area contributed by atoms with Gasteiger partial charge in [0.1, 0.15) is 0 Å². The SMILES string of the molecule is CNC(=O)C1CCCc2c(-c3ccc(Cl)cc3)n[nH]c21. The van der Waals surface area contributed by atoms with Gasteiger partial charge in [0.05, 0.1) is 17.3 Å². The van der Waals surface area contributed by atoms with Crippen LogP contribution in [0.4, 0.5) is 0 Å². The summed E-state index contributed by atoms with van der Waals surface area (Å²) < 4.78 is 0. The normalized spacial score (nSPS) is 17.6. The third-order valence-electron chi connectivity index (χ3n) is 3.85. The van der Waals surface area contributed by atoms with Crippen molar-refractivity contribution < 1.29 is 4.79 Å². The van der Waals surface area contributed by atoms with Crippen molar-refractivity contribution in [2.75, 3.05) is 7.05 Å². The predicted molar refractivity (Wildman–Crippen MR) is 78.8 cm³/mol. The molecule has 0 saturated carbocycles. The molecule has 0 radical (unpaired) electrons. The largest absolute Gasteiger partial charge is 0.359 e. The van der Waals surface area contributed by atoms with E-state index in [4.69, 9.17) is 11.6 Å². The van der Waals surface area contributed by atoms with E-state index in [1.54, 1.807) is 7.05 Å². The third kappa shape index (κ3) is 2.20. The van der Waals surface area contributed by atoms with E-state index in [9.17, 15) is 4.79 Å². The first-order chi connectivity index (χ1) is 9.70. The predicted octanol–water partition coefficient (Wildman–Crippen LogP) is 2.90. The maximum atomic E-state index is 11.9. The average Bonchev–Trinajstić information content (AvgIpc) is 2.91. The van der Waals surface area contributed by atoms with E-state index in [0.717, 1.165) is 41.8 Å². The van der Waals surface area contributed by atoms with Gasteiger partial charge in [0.25, 0.3) is 0 Å². The molecule has 2 N–H and O–H groups in total. The number of aromatic amines is 1. The maximum Gasteiger partial charge on any atom is 0.228 e. The first-order valence-corrected chi connectivity index (χ1v) is 7.13. The van der Waals surface area contributed by atoms with Crippen molar-refractivity contribution in [1.82, 2.24) is 15.5 Å². The van der Waals surface area contributed by atoms with E-state index >= 15 is 0 Å². The topological polar surface area (TPSA) is 57.8 Å². The Bertz CT molecular complexity index is 633. The monoisotopic (exact) mass is 289 g/mol. The van der Waals surface area contributed by atoms with Gasteiger partial charge in [-0.3, -0.25) is 9.89 Å². The second-order valence-corrected chi connectivity index (χ2v) is 5.47. The minimum absolute atomic E-state index is 0.0530. The van der Waals surface area contributed by atoms with Crippen LogP contribution >= 0.6 is 11.6 Å². The zero-order valence-corrected chi connectivity index (χ0v) is 12.0. The molecule has 4 nitrogen and oxygen atoms in total. The molecule has 1 heterocycles. The van der Waals surface area contributed by atoms with Gasteiger partial charge in [-0.05, 0) is 31.4 Å². The number of amides is 1. The number of hydrogen-bond acceptors (Lipinski definition) is 2. The van der Waals surface area contributed by atoms with Gasteiger partial charge in [-0.15, -0.1) is 0 Å². The summed E-state index contributed by atoms with van der Waals surface area (Å²) in [6, 6.07) is 7.64. The highest BCUT2D eigenvalue weighted by molar-refractivity contribution is 6.30. The maximum absolute atomic E-state index is 11.9. The third-order valence-corrected chi connectivity index (χ3v) is 4.10. The van der Waals surface area contributed by atoms with Crippen molar-refractivity contribution in [1.29, 1.82) is 0 Å². The fraction of sp³-hybridized carbons (Fsp3) is 0.333. The van der Waals surface area contributed by atoms with Crippen molar-refractivity contribution in [2.24, 2.45) is 0 Å². The van der Waals surface area contributed by atoms with Gasteiger partial charge < -0.3 is 5.32 Å². The van der Waals surface area contributed by atoms with Crippen molar-refractivity contribution in [3.8, 4) is 11.3 Å². The van der Waals surface area contributed by atoms with Gasteiger partial charge in [-0.25, -0.2) is 0 Å². The molecule has 0 aliphatic heterocycles. The molecule has 1 aromatic carbocycles. The molecule has 1 aromatic heterocycles. The summed E-state index contributed by atoms with van der Waals surface area (Å²) in [5, 5.41) is 10.9. The van der Waals surface area contributed by atoms with E-state index in [1.165, 1.54) is 0 Å². The molecule has 104 valence electrons. The number of fused-ring (bicyclic) bond motifs is 1. The minimum atomic E-state index is -0.114. The number of likely N-dealkylation sites (N-methyl/N-ethyl adjacent to an activating group) is 1. The standard InChI is InChI=1S/C15H16ClN3O/c1-17-15(20)12-4-2-3-11-13(18-19-14(11)12)9-5-7-10(16)8-6-9/h5-8,12H,2-4H2,1H3,(H,17,20)(H,18,19). The zero-order chi connectivity index (χ0) is 14.1. The van der Waals surface area contributed by atoms with Gasteiger partial charge in [-0.1, -0.05) is 23.7 Å². The fourth-order valence-corrected chi connectivity index (χ4v) is 2.96. The highest BCUT2D eigenvalue weighted by atomic mass is 35.5. The Morgan fingerprint density at radius 1 is 1.40 bits per heavy atom. The number of hydrogen-bond donors (Lipinski definition) is 2. The molecule has 3 rings (SSSR count). The summed E-state index contributed by atoms with van der Waals surface area (Å²) in [6.45, 7) is 0. The molecular weight excluding hydrogens is 274 g/mol. The second-order valence-electron chi connectivity index (χ2n) is 5.03. The summed E-state index contributed by atoms with van der Waals surface area (Å²) in [4.78, 5) is 11.9. The number of rotatable bonds is 2. The molecule has 1 aliphatic carbocycles. The Balaban J connectivity index is 2.02. The van der Waals surface area contributed by atoms with E-state index in [2.05, 4.69) is 15.5 Å². The molecule has 20 heavy (non-hydrogen) atoms. The van der Waals surface area contributed by atoms with Crippen LogP contribution in [0, 0.1) is 0 Å². The number of carbonyl (C=O) groups excluding carboxylic acids is 1. The highest BCUT2D eigenvalue weighted by Crippen LogP contribution is 2.36. The van der Waals surface area contributed by atoms with Crippen LogP contribution in [-0.2, 0) is 11.2 Å². The molecular formula is C15H16ClN3O. The number of nitrogens with one attached hydrogen (secondary N) is 2. The van der Waals surface area contributed by atoms with Crippen LogP contribution in [-0.4, -0.2) is 23.2 Å². The summed E-state index contributed by atoms with van der Waals surface area (Å²) in [5.74, 6) is -0.0606. The number of H-pyrrole nitrogens is 1. The summed E-state index contributed by atoms with van der Waals surface area (Å²) in [6.07, 6.45) is 2.83. The molecule has 0 bridgehead atoms. The van der Waals surface area contributed by atoms with Gasteiger partial charge in [-0.2, -0.15) is 5.10 Å². The Morgan fingerprint density at radius 3 is 2.85 bits per heavy atom. The number of nitrogens with zero attached hydrogens (tertiary/aromatic N) is 1. The molecule has 1 aliphatic rings. The minimum Gasteiger partial charge on any atom is -0.359 e. The van der Waals surface area contributed by atoms with Crippen molar-refractivity contribution >= 4 is 17.5 Å². The number of halogens is 1. The molecule has 1 amide bonds. The van der Waals surface area contributed by atoms with E-state index in [-0.39, 0.29) is 11.8 Å². The summed E-state index contributed by atoms with van der Waals surface area (Å²) >= 11 is 5.92. The quantitative estimate of drug-likeness (QED) is 0.893. The summed E-state index contributed by atoms with van der Waals surface area (Å²) in [7, 11) is 1.67. The first-order valence-electron chi connectivity index (χ1n) is 6.75. The van der Waals surface area contributed by atoms with Gasteiger partial charge in [0.15, 0.2) is 0 Å². The smallest absolute Gasteiger partial charge is 0.228 e. The lowest BCUT2D eigenvalue weighted by Gasteiger charge is -2.20. The Morgan fingerprint density at radius 2 is 2.15 bits per heavy atom. The van der Waals surface area contributed by atoms with Crippen LogP contribution in [0.5, 0.6) is 0 Å². The first kappa shape index (κ1) is 13.2. The Labute approximate surface area is 122 Å². The van der Waals surface area contributed by atoms with Gasteiger partial charge in [0, 0.05) is 23.2 Å². The average molecular weight is 290 g/mol. The number of aromatic nitrogens is 2. The molecule has 0 fully saturated rings. The Hall–Kier alpha value is -1.81. The van der Waals surface area contributed by atoms with Crippen molar-refractivity contribution in [3.05, 3.63) is 40.5 Å². The highest BCUT2D eigenvalue weighted by Gasteiger charge is 2.30. The van der Waals surface area contributed by atoms with Crippen molar-refractivity contribution in [2.45, 2.75) is 25.2 Å². The zero-order valence-electron chi connectivity index (χ0n) is 11.2. The lowest BCUT2D eigenvalue weighted by atomic mass is 9.85. The molecule has 1 unspecified atom stereocenters. The van der Waals surface area contributed by atoms with Gasteiger partial charge in [0.2, 0.25) is 5.91 Å². The Kier molecular flexibility index (Phi) is 3.49. The van der Waals surface area contributed by atoms with E-state index < -0.39 is 0 Å². The fourth-order valence-electron chi connectivity index (χ4n) is 2.83. The van der Waals surface area contributed by atoms with E-state index in [1.807, 2.05) is 24.3 Å². The molecule has 0 spiro atoms. The van der Waals surface area contributed by atoms with Crippen LogP contribution < -0.4 is 5.32 Å². The van der Waals surface area contributed by atoms with E-state index in [0.29, 0.717) is 5.02 Å². The molecule has 0 saturated heterocycles. The number of carbonyl (C=O) groups is 1. The summed E-state index contributed by atoms with van der Waals surface area (Å²) in [5.41, 5.74) is 4.09. The lowest BCUT2D eigenvalue weighted by Crippen LogP contribution is -2.28. The van der Waals surface area contributed by atoms with Crippen LogP contribution in [0.2, 0.25) is 5.02 Å². The van der Waals surface area contributed by atoms with Crippen LogP contribution in [0.1, 0.15) is 30.0 Å². The molecule has 2 aromatic rings. The lowest BCUT2D eigenvalue weighted by molar-refractivity contribution is -0.122. The van der Waals surface area contributed by atoms with Crippen LogP contribution in [0.15, 0.2) is 24.3 Å². The van der Waals surface area contributed by atoms with Crippen LogP contribution in [0.3, 0.4) is 0 Å². The number of benzene rings is 1. The van der Waals surface area contributed by atoms with Crippen molar-refractivity contribution in [3.63, 3.8) is 0 Å². The second kappa shape index (κ2) is 5.29. The van der Waals surface area contributed by atoms with Gasteiger partial charge >= 0.3 is 0 Å².